The van der Waals surface area contributed by atoms with Gasteiger partial charge in [0, 0.05) is 17.3 Å². The predicted molar refractivity (Wildman–Crippen MR) is 121 cm³/mol. The third-order valence-electron chi connectivity index (χ3n) is 6.37. The van der Waals surface area contributed by atoms with E-state index in [4.69, 9.17) is 4.74 Å². The molecule has 2 aromatic carbocycles. The van der Waals surface area contributed by atoms with Crippen molar-refractivity contribution in [3.05, 3.63) is 76.4 Å². The zero-order valence-electron chi connectivity index (χ0n) is 17.9. The minimum absolute atomic E-state index is 0.0725. The van der Waals surface area contributed by atoms with Crippen LogP contribution < -0.4 is 10.1 Å². The summed E-state index contributed by atoms with van der Waals surface area (Å²) in [5.74, 6) is -1.81. The number of allylic oxidation sites excluding steroid dienone is 2. The fourth-order valence-corrected chi connectivity index (χ4v) is 4.87. The largest absolute Gasteiger partial charge is 0.477 e. The molecule has 2 fully saturated rings. The normalized spacial score (nSPS) is 24.6. The first-order chi connectivity index (χ1) is 16.4. The number of carbonyl (C=O) groups excluding carboxylic acids is 3. The van der Waals surface area contributed by atoms with Gasteiger partial charge in [0.2, 0.25) is 0 Å². The Morgan fingerprint density at radius 3 is 2.44 bits per heavy atom. The Bertz CT molecular complexity index is 1210. The number of amides is 3. The van der Waals surface area contributed by atoms with Crippen LogP contribution in [0, 0.1) is 33.8 Å². The molecule has 2 bridgehead atoms. The van der Waals surface area contributed by atoms with Crippen molar-refractivity contribution in [2.24, 2.45) is 28.8 Å². The lowest BCUT2D eigenvalue weighted by molar-refractivity contribution is -0.385. The average Bonchev–Trinajstić information content (AvgIpc) is 3.51. The van der Waals surface area contributed by atoms with Crippen molar-refractivity contribution in [1.82, 2.24) is 5.01 Å². The van der Waals surface area contributed by atoms with Crippen LogP contribution in [-0.4, -0.2) is 40.5 Å². The highest BCUT2D eigenvalue weighted by Crippen LogP contribution is 2.52. The van der Waals surface area contributed by atoms with Gasteiger partial charge in [-0.15, -0.1) is 0 Å². The number of anilines is 1. The molecular formula is C24H20N4O6. The van der Waals surface area contributed by atoms with E-state index in [1.807, 2.05) is 18.2 Å². The number of nitro benzene ring substituents is 1. The van der Waals surface area contributed by atoms with Crippen LogP contribution in [0.25, 0.3) is 0 Å². The lowest BCUT2D eigenvalue weighted by Crippen LogP contribution is -2.28. The maximum atomic E-state index is 12.7. The molecule has 34 heavy (non-hydrogen) atoms. The number of fused-ring (bicyclic) bond motifs is 5. The first kappa shape index (κ1) is 21.5. The molecule has 0 spiro atoms. The third kappa shape index (κ3) is 3.83. The molecule has 2 aliphatic carbocycles. The Morgan fingerprint density at radius 1 is 1.12 bits per heavy atom. The van der Waals surface area contributed by atoms with Crippen LogP contribution in [0.3, 0.4) is 0 Å². The Kier molecular flexibility index (Phi) is 5.40. The van der Waals surface area contributed by atoms with Crippen LogP contribution in [-0.2, 0) is 14.4 Å². The van der Waals surface area contributed by atoms with Gasteiger partial charge in [0.05, 0.1) is 23.0 Å². The molecule has 1 saturated heterocycles. The molecule has 5 rings (SSSR count). The lowest BCUT2D eigenvalue weighted by Gasteiger charge is -2.13. The molecule has 172 valence electrons. The summed E-state index contributed by atoms with van der Waals surface area (Å²) in [5.41, 5.74) is 0.525. The van der Waals surface area contributed by atoms with Gasteiger partial charge in [-0.3, -0.25) is 24.5 Å². The SMILES string of the molecule is O=C(COc1ccc(C=NN2C(=O)[C@@H]3[C@H](C2=O)[C@H]2C=C[C@H]3C2)cc1[N+](=O)[O-])Nc1ccccc1. The molecule has 4 atom stereocenters. The fourth-order valence-electron chi connectivity index (χ4n) is 4.87. The van der Waals surface area contributed by atoms with E-state index in [1.54, 1.807) is 24.3 Å². The quantitative estimate of drug-likeness (QED) is 0.222. The summed E-state index contributed by atoms with van der Waals surface area (Å²) < 4.78 is 5.36. The van der Waals surface area contributed by atoms with Crippen LogP contribution in [0.5, 0.6) is 5.75 Å². The fraction of sp³-hybridized carbons (Fsp3) is 0.250. The first-order valence-electron chi connectivity index (χ1n) is 10.8. The first-order valence-corrected chi connectivity index (χ1v) is 10.8. The van der Waals surface area contributed by atoms with E-state index < -0.39 is 17.4 Å². The molecule has 1 aliphatic heterocycles. The topological polar surface area (TPSA) is 131 Å². The van der Waals surface area contributed by atoms with Gasteiger partial charge in [0.15, 0.2) is 12.4 Å². The average molecular weight is 460 g/mol. The summed E-state index contributed by atoms with van der Waals surface area (Å²) in [6, 6.07) is 12.8. The highest BCUT2D eigenvalue weighted by Gasteiger charge is 2.59. The molecular weight excluding hydrogens is 440 g/mol. The van der Waals surface area contributed by atoms with Crippen molar-refractivity contribution in [3.63, 3.8) is 0 Å². The van der Waals surface area contributed by atoms with Crippen molar-refractivity contribution in [2.45, 2.75) is 6.42 Å². The number of para-hydroxylation sites is 1. The summed E-state index contributed by atoms with van der Waals surface area (Å²) in [4.78, 5) is 48.4. The summed E-state index contributed by atoms with van der Waals surface area (Å²) in [7, 11) is 0. The van der Waals surface area contributed by atoms with Gasteiger partial charge in [-0.1, -0.05) is 30.4 Å². The van der Waals surface area contributed by atoms with E-state index in [9.17, 15) is 24.5 Å². The number of rotatable bonds is 7. The Balaban J connectivity index is 1.27. The number of ether oxygens (including phenoxy) is 1. The van der Waals surface area contributed by atoms with Crippen molar-refractivity contribution in [1.29, 1.82) is 0 Å². The molecule has 0 radical (unpaired) electrons. The van der Waals surface area contributed by atoms with Crippen LogP contribution in [0.1, 0.15) is 12.0 Å². The molecule has 2 aromatic rings. The number of carbonyl (C=O) groups is 3. The highest BCUT2D eigenvalue weighted by atomic mass is 16.6. The number of imide groups is 1. The standard InChI is InChI=1S/C24H20N4O6/c29-20(26-17-4-2-1-3-5-17)13-34-19-9-6-14(10-18(19)28(32)33)12-25-27-23(30)21-15-7-8-16(11-15)22(21)24(27)31/h1-10,12,15-16,21-22H,11,13H2,(H,26,29)/t15-,16-,21-,22+/m0/s1. The van der Waals surface area contributed by atoms with Gasteiger partial charge in [-0.05, 0) is 42.5 Å². The third-order valence-corrected chi connectivity index (χ3v) is 6.37. The number of nitro groups is 1. The molecule has 10 heteroatoms. The van der Waals surface area contributed by atoms with Gasteiger partial charge in [-0.2, -0.15) is 10.1 Å². The predicted octanol–water partition coefficient (Wildman–Crippen LogP) is 2.75. The zero-order valence-corrected chi connectivity index (χ0v) is 17.9. The van der Waals surface area contributed by atoms with Gasteiger partial charge < -0.3 is 10.1 Å². The minimum Gasteiger partial charge on any atom is -0.477 e. The number of hydrogen-bond donors (Lipinski definition) is 1. The van der Waals surface area contributed by atoms with Gasteiger partial charge in [0.25, 0.3) is 17.7 Å². The van der Waals surface area contributed by atoms with Gasteiger partial charge in [-0.25, -0.2) is 0 Å². The van der Waals surface area contributed by atoms with Gasteiger partial charge >= 0.3 is 5.69 Å². The van der Waals surface area contributed by atoms with Crippen LogP contribution in [0.4, 0.5) is 11.4 Å². The second-order valence-electron chi connectivity index (χ2n) is 8.42. The number of benzene rings is 2. The lowest BCUT2D eigenvalue weighted by atomic mass is 9.85. The Morgan fingerprint density at radius 2 is 1.79 bits per heavy atom. The molecule has 3 amide bonds. The van der Waals surface area contributed by atoms with E-state index in [0.717, 1.165) is 11.4 Å². The molecule has 0 unspecified atom stereocenters. The smallest absolute Gasteiger partial charge is 0.311 e. The summed E-state index contributed by atoms with van der Waals surface area (Å²) in [6.07, 6.45) is 6.05. The monoisotopic (exact) mass is 460 g/mol. The van der Waals surface area contributed by atoms with Crippen molar-refractivity contribution in [3.8, 4) is 5.75 Å². The van der Waals surface area contributed by atoms with Crippen molar-refractivity contribution < 1.29 is 24.0 Å². The second kappa shape index (κ2) is 8.54. The minimum atomic E-state index is -0.637. The van der Waals surface area contributed by atoms with E-state index >= 15 is 0 Å². The number of nitrogens with one attached hydrogen (secondary N) is 1. The van der Waals surface area contributed by atoms with Crippen molar-refractivity contribution in [2.75, 3.05) is 11.9 Å². The molecule has 1 heterocycles. The van der Waals surface area contributed by atoms with Crippen LogP contribution in [0.2, 0.25) is 0 Å². The Labute approximate surface area is 194 Å². The maximum absolute atomic E-state index is 12.7. The van der Waals surface area contributed by atoms with Gasteiger partial charge in [0.1, 0.15) is 0 Å². The Hall–Kier alpha value is -4.34. The summed E-state index contributed by atoms with van der Waals surface area (Å²) >= 11 is 0. The number of hydrogen-bond acceptors (Lipinski definition) is 7. The zero-order chi connectivity index (χ0) is 23.8. The summed E-state index contributed by atoms with van der Waals surface area (Å²) in [6.45, 7) is -0.418. The van der Waals surface area contributed by atoms with E-state index in [1.165, 1.54) is 24.4 Å². The number of nitrogens with zero attached hydrogens (tertiary/aromatic N) is 3. The van der Waals surface area contributed by atoms with E-state index in [-0.39, 0.29) is 46.9 Å². The van der Waals surface area contributed by atoms with E-state index in [0.29, 0.717) is 11.3 Å². The summed E-state index contributed by atoms with van der Waals surface area (Å²) in [5, 5.41) is 19.1. The highest BCUT2D eigenvalue weighted by molar-refractivity contribution is 6.06. The molecule has 1 N–H and O–H groups in total. The molecule has 3 aliphatic rings. The van der Waals surface area contributed by atoms with Crippen LogP contribution in [0.15, 0.2) is 65.8 Å². The second-order valence-corrected chi connectivity index (χ2v) is 8.42. The maximum Gasteiger partial charge on any atom is 0.311 e. The van der Waals surface area contributed by atoms with Crippen molar-refractivity contribution >= 4 is 35.3 Å². The van der Waals surface area contributed by atoms with Crippen LogP contribution >= 0.6 is 0 Å². The number of hydrazone groups is 1. The molecule has 0 aromatic heterocycles. The molecule has 1 saturated carbocycles. The molecule has 10 nitrogen and oxygen atoms in total. The van der Waals surface area contributed by atoms with E-state index in [2.05, 4.69) is 10.4 Å².